The summed E-state index contributed by atoms with van der Waals surface area (Å²) in [6.45, 7) is 1.10. The van der Waals surface area contributed by atoms with Gasteiger partial charge < -0.3 is 14.9 Å². The first-order chi connectivity index (χ1) is 10.0. The fourth-order valence-electron chi connectivity index (χ4n) is 2.47. The normalized spacial score (nSPS) is 28.9. The molecule has 0 saturated carbocycles. The van der Waals surface area contributed by atoms with Crippen LogP contribution in [0, 0.1) is 25.3 Å². The van der Waals surface area contributed by atoms with Crippen LogP contribution in [0.25, 0.3) is 11.2 Å². The number of rotatable bonds is 2. The molecule has 1 aliphatic rings. The molecule has 0 bridgehead atoms. The molecule has 0 unspecified atom stereocenters. The highest BCUT2D eigenvalue weighted by molar-refractivity contribution is 5.72. The molecule has 2 aromatic heterocycles. The van der Waals surface area contributed by atoms with E-state index >= 15 is 0 Å². The lowest BCUT2D eigenvalue weighted by molar-refractivity contribution is -0.0891. The fraction of sp³-hybridized carbons (Fsp3) is 0.462. The van der Waals surface area contributed by atoms with Crippen LogP contribution < -0.4 is 0 Å². The van der Waals surface area contributed by atoms with Gasteiger partial charge in [-0.05, 0) is 6.92 Å². The van der Waals surface area contributed by atoms with Crippen molar-refractivity contribution < 1.29 is 19.3 Å². The third-order valence-electron chi connectivity index (χ3n) is 3.67. The van der Waals surface area contributed by atoms with E-state index in [1.54, 1.807) is 6.92 Å². The molecule has 1 saturated heterocycles. The van der Waals surface area contributed by atoms with Crippen molar-refractivity contribution in [1.82, 2.24) is 19.5 Å². The molecule has 1 aliphatic heterocycles. The second-order valence-corrected chi connectivity index (χ2v) is 4.92. The molecule has 7 nitrogen and oxygen atoms in total. The molecule has 3 heterocycles. The lowest BCUT2D eigenvalue weighted by Crippen LogP contribution is -2.41. The summed E-state index contributed by atoms with van der Waals surface area (Å²) in [6.07, 6.45) is 4.30. The predicted octanol–water partition coefficient (Wildman–Crippen LogP) is -0.0821. The number of nitrogens with zero attached hydrogens (tertiary/aromatic N) is 4. The van der Waals surface area contributed by atoms with Gasteiger partial charge in [-0.2, -0.15) is 9.37 Å². The Morgan fingerprint density at radius 3 is 3.00 bits per heavy atom. The van der Waals surface area contributed by atoms with Crippen molar-refractivity contribution in [2.45, 2.75) is 31.3 Å². The highest BCUT2D eigenvalue weighted by Crippen LogP contribution is 2.37. The monoisotopic (exact) mass is 292 g/mol. The Kier molecular flexibility index (Phi) is 3.13. The van der Waals surface area contributed by atoms with Crippen molar-refractivity contribution in [3.63, 3.8) is 0 Å². The second-order valence-electron chi connectivity index (χ2n) is 4.92. The largest absolute Gasteiger partial charge is 0.392 e. The molecule has 2 aromatic rings. The number of hydrogen-bond acceptors (Lipinski definition) is 6. The van der Waals surface area contributed by atoms with Crippen LogP contribution >= 0.6 is 0 Å². The lowest BCUT2D eigenvalue weighted by Gasteiger charge is -2.23. The van der Waals surface area contributed by atoms with E-state index in [1.165, 1.54) is 10.9 Å². The van der Waals surface area contributed by atoms with E-state index < -0.39 is 30.6 Å². The SMILES string of the molecule is C#C[C@]1(CO)O[C@@H](n2cnc3c(C)nc(F)nc32)C[C@@H]1O. The van der Waals surface area contributed by atoms with E-state index in [9.17, 15) is 14.6 Å². The van der Waals surface area contributed by atoms with E-state index in [4.69, 9.17) is 11.2 Å². The molecule has 3 atom stereocenters. The van der Waals surface area contributed by atoms with E-state index in [0.717, 1.165) is 0 Å². The van der Waals surface area contributed by atoms with Gasteiger partial charge in [0.25, 0.3) is 0 Å². The van der Waals surface area contributed by atoms with Crippen LogP contribution in [0.3, 0.4) is 0 Å². The Labute approximate surface area is 119 Å². The van der Waals surface area contributed by atoms with Crippen LogP contribution in [-0.2, 0) is 4.74 Å². The van der Waals surface area contributed by atoms with E-state index in [0.29, 0.717) is 11.2 Å². The topological polar surface area (TPSA) is 93.3 Å². The standard InChI is InChI=1S/C13H13FN4O3/c1-3-13(5-19)8(20)4-9(21-13)18-6-15-10-7(2)16-12(14)17-11(10)18/h1,6,8-9,19-20H,4-5H2,2H3/t8-,9+,13+/m0/s1. The quantitative estimate of drug-likeness (QED) is 0.594. The first-order valence-electron chi connectivity index (χ1n) is 6.32. The molecule has 21 heavy (non-hydrogen) atoms. The number of hydrogen-bond donors (Lipinski definition) is 2. The van der Waals surface area contributed by atoms with Gasteiger partial charge in [0.05, 0.1) is 18.6 Å². The molecule has 1 fully saturated rings. The Hall–Kier alpha value is -2.08. The molecule has 8 heteroatoms. The summed E-state index contributed by atoms with van der Waals surface area (Å²) in [5.74, 6) is 2.28. The number of fused-ring (bicyclic) bond motifs is 1. The second kappa shape index (κ2) is 4.73. The fourth-order valence-corrected chi connectivity index (χ4v) is 2.47. The summed E-state index contributed by atoms with van der Waals surface area (Å²) >= 11 is 0. The Balaban J connectivity index is 2.05. The number of halogens is 1. The Bertz CT molecular complexity index is 741. The van der Waals surface area contributed by atoms with E-state index in [1.807, 2.05) is 0 Å². The molecule has 0 radical (unpaired) electrons. The zero-order valence-corrected chi connectivity index (χ0v) is 11.2. The van der Waals surface area contributed by atoms with Gasteiger partial charge in [0, 0.05) is 6.42 Å². The van der Waals surface area contributed by atoms with Crippen molar-refractivity contribution in [3.8, 4) is 12.3 Å². The molecule has 0 amide bonds. The summed E-state index contributed by atoms with van der Waals surface area (Å²) in [6, 6.07) is 0. The number of aryl methyl sites for hydroxylation is 1. The first-order valence-corrected chi connectivity index (χ1v) is 6.32. The maximum Gasteiger partial charge on any atom is 0.310 e. The van der Waals surface area contributed by atoms with Gasteiger partial charge in [0.2, 0.25) is 0 Å². The summed E-state index contributed by atoms with van der Waals surface area (Å²) in [7, 11) is 0. The zero-order chi connectivity index (χ0) is 15.2. The van der Waals surface area contributed by atoms with Gasteiger partial charge in [-0.25, -0.2) is 9.97 Å². The van der Waals surface area contributed by atoms with E-state index in [2.05, 4.69) is 20.9 Å². The molecule has 2 N–H and O–H groups in total. The highest BCUT2D eigenvalue weighted by Gasteiger charge is 2.47. The number of aliphatic hydroxyl groups is 2. The van der Waals surface area contributed by atoms with Crippen LogP contribution in [0.15, 0.2) is 6.33 Å². The van der Waals surface area contributed by atoms with Gasteiger partial charge in [-0.15, -0.1) is 6.42 Å². The lowest BCUT2D eigenvalue weighted by atomic mass is 9.99. The summed E-state index contributed by atoms with van der Waals surface area (Å²) in [4.78, 5) is 11.4. The van der Waals surface area contributed by atoms with Crippen LogP contribution in [-0.4, -0.2) is 48.0 Å². The van der Waals surface area contributed by atoms with Gasteiger partial charge in [0.1, 0.15) is 17.8 Å². The average molecular weight is 292 g/mol. The van der Waals surface area contributed by atoms with Crippen LogP contribution in [0.1, 0.15) is 18.3 Å². The third-order valence-corrected chi connectivity index (χ3v) is 3.67. The molecule has 3 rings (SSSR count). The molecule has 110 valence electrons. The Morgan fingerprint density at radius 1 is 1.62 bits per heavy atom. The number of aliphatic hydroxyl groups excluding tert-OH is 2. The van der Waals surface area contributed by atoms with Crippen LogP contribution in [0.4, 0.5) is 4.39 Å². The first kappa shape index (κ1) is 13.9. The highest BCUT2D eigenvalue weighted by atomic mass is 19.1. The third kappa shape index (κ3) is 1.98. The minimum atomic E-state index is -1.47. The minimum Gasteiger partial charge on any atom is -0.392 e. The predicted molar refractivity (Wildman–Crippen MR) is 69.4 cm³/mol. The summed E-state index contributed by atoms with van der Waals surface area (Å²) in [5.41, 5.74) is -0.373. The molecule has 0 aromatic carbocycles. The molecular weight excluding hydrogens is 279 g/mol. The maximum atomic E-state index is 13.4. The van der Waals surface area contributed by atoms with E-state index in [-0.39, 0.29) is 12.1 Å². The minimum absolute atomic E-state index is 0.140. The van der Waals surface area contributed by atoms with Crippen molar-refractivity contribution in [2.24, 2.45) is 0 Å². The van der Waals surface area contributed by atoms with Crippen LogP contribution in [0.5, 0.6) is 0 Å². The Morgan fingerprint density at radius 2 is 2.38 bits per heavy atom. The maximum absolute atomic E-state index is 13.4. The number of aromatic nitrogens is 4. The average Bonchev–Trinajstić information content (AvgIpc) is 3.00. The van der Waals surface area contributed by atoms with Crippen molar-refractivity contribution in [1.29, 1.82) is 0 Å². The summed E-state index contributed by atoms with van der Waals surface area (Å²) < 4.78 is 20.5. The smallest absolute Gasteiger partial charge is 0.310 e. The zero-order valence-electron chi connectivity index (χ0n) is 11.2. The van der Waals surface area contributed by atoms with Gasteiger partial charge in [-0.3, -0.25) is 4.57 Å². The molecular formula is C13H13FN4O3. The summed E-state index contributed by atoms with van der Waals surface area (Å²) in [5, 5.41) is 19.4. The number of imidazole rings is 1. The van der Waals surface area contributed by atoms with Crippen molar-refractivity contribution in [3.05, 3.63) is 18.1 Å². The van der Waals surface area contributed by atoms with Crippen LogP contribution in [0.2, 0.25) is 0 Å². The molecule has 0 aliphatic carbocycles. The van der Waals surface area contributed by atoms with Gasteiger partial charge in [0.15, 0.2) is 11.2 Å². The van der Waals surface area contributed by atoms with Crippen molar-refractivity contribution in [2.75, 3.05) is 6.61 Å². The van der Waals surface area contributed by atoms with Crippen molar-refractivity contribution >= 4 is 11.2 Å². The number of ether oxygens (including phenoxy) is 1. The molecule has 0 spiro atoms. The van der Waals surface area contributed by atoms with Gasteiger partial charge >= 0.3 is 6.08 Å². The van der Waals surface area contributed by atoms with Gasteiger partial charge in [-0.1, -0.05) is 5.92 Å². The number of terminal acetylenes is 1.